The molecule has 0 spiro atoms. The number of ether oxygens (including phenoxy) is 2. The van der Waals surface area contributed by atoms with Crippen LogP contribution < -0.4 is 0 Å². The standard InChI is InChI=1S/C25H24O4/c1-4-25(2,3)24(27)29-13-12-28-23(26)20-14-18-10-8-16-6-5-7-17-9-11-19(15-20)22(18)21(16)17/h5-11,14-15H,4,12-13H2,1-3H3. The molecule has 0 saturated heterocycles. The minimum atomic E-state index is -0.529. The van der Waals surface area contributed by atoms with Crippen molar-refractivity contribution in [2.75, 3.05) is 13.2 Å². The highest BCUT2D eigenvalue weighted by molar-refractivity contribution is 6.23. The Bertz CT molecular complexity index is 1140. The molecule has 148 valence electrons. The largest absolute Gasteiger partial charge is 0.462 e. The van der Waals surface area contributed by atoms with Crippen molar-refractivity contribution < 1.29 is 19.1 Å². The van der Waals surface area contributed by atoms with E-state index >= 15 is 0 Å². The summed E-state index contributed by atoms with van der Waals surface area (Å²) in [5, 5.41) is 6.77. The fourth-order valence-electron chi connectivity index (χ4n) is 3.56. The predicted molar refractivity (Wildman–Crippen MR) is 115 cm³/mol. The zero-order valence-corrected chi connectivity index (χ0v) is 17.0. The molecule has 0 saturated carbocycles. The summed E-state index contributed by atoms with van der Waals surface area (Å²) in [6.07, 6.45) is 0.690. The van der Waals surface area contributed by atoms with Gasteiger partial charge in [0.15, 0.2) is 0 Å². The van der Waals surface area contributed by atoms with Gasteiger partial charge in [-0.15, -0.1) is 0 Å². The lowest BCUT2D eigenvalue weighted by Gasteiger charge is -2.20. The van der Waals surface area contributed by atoms with Crippen molar-refractivity contribution in [1.29, 1.82) is 0 Å². The van der Waals surface area contributed by atoms with Crippen molar-refractivity contribution in [3.8, 4) is 0 Å². The van der Waals surface area contributed by atoms with E-state index in [1.807, 2.05) is 45.0 Å². The van der Waals surface area contributed by atoms with Gasteiger partial charge in [-0.25, -0.2) is 4.79 Å². The maximum absolute atomic E-state index is 12.5. The highest BCUT2D eigenvalue weighted by atomic mass is 16.6. The average Bonchev–Trinajstić information content (AvgIpc) is 2.74. The second-order valence-electron chi connectivity index (χ2n) is 8.02. The van der Waals surface area contributed by atoms with Crippen LogP contribution in [0.1, 0.15) is 37.6 Å². The van der Waals surface area contributed by atoms with E-state index in [0.29, 0.717) is 12.0 Å². The van der Waals surface area contributed by atoms with Crippen molar-refractivity contribution >= 4 is 44.3 Å². The van der Waals surface area contributed by atoms with Gasteiger partial charge in [0.05, 0.1) is 11.0 Å². The van der Waals surface area contributed by atoms with E-state index in [4.69, 9.17) is 9.47 Å². The molecule has 29 heavy (non-hydrogen) atoms. The summed E-state index contributed by atoms with van der Waals surface area (Å²) in [6, 6.07) is 18.2. The lowest BCUT2D eigenvalue weighted by Crippen LogP contribution is -2.27. The average molecular weight is 388 g/mol. The first-order chi connectivity index (χ1) is 13.9. The third-order valence-electron chi connectivity index (χ3n) is 5.68. The van der Waals surface area contributed by atoms with E-state index < -0.39 is 11.4 Å². The molecular formula is C25H24O4. The van der Waals surface area contributed by atoms with E-state index in [0.717, 1.165) is 16.2 Å². The summed E-state index contributed by atoms with van der Waals surface area (Å²) < 4.78 is 10.6. The number of hydrogen-bond acceptors (Lipinski definition) is 4. The van der Waals surface area contributed by atoms with Crippen LogP contribution in [0.2, 0.25) is 0 Å². The molecule has 0 heterocycles. The van der Waals surface area contributed by atoms with Gasteiger partial charge in [0.2, 0.25) is 0 Å². The van der Waals surface area contributed by atoms with Gasteiger partial charge in [-0.05, 0) is 64.7 Å². The number of rotatable bonds is 6. The first kappa shape index (κ1) is 19.2. The molecule has 4 aromatic carbocycles. The van der Waals surface area contributed by atoms with E-state index in [-0.39, 0.29) is 19.2 Å². The van der Waals surface area contributed by atoms with Gasteiger partial charge in [-0.1, -0.05) is 49.4 Å². The van der Waals surface area contributed by atoms with Gasteiger partial charge in [-0.2, -0.15) is 0 Å². The highest BCUT2D eigenvalue weighted by Crippen LogP contribution is 2.35. The van der Waals surface area contributed by atoms with Crippen molar-refractivity contribution in [2.45, 2.75) is 27.2 Å². The molecule has 0 N–H and O–H groups in total. The SMILES string of the molecule is CCC(C)(C)C(=O)OCCOC(=O)c1cc2ccc3cccc4ccc(c1)c2c34. The van der Waals surface area contributed by atoms with Crippen LogP contribution in [-0.4, -0.2) is 25.2 Å². The van der Waals surface area contributed by atoms with Crippen molar-refractivity contribution in [3.05, 3.63) is 60.2 Å². The molecule has 0 atom stereocenters. The van der Waals surface area contributed by atoms with Gasteiger partial charge in [0.1, 0.15) is 13.2 Å². The number of hydrogen-bond donors (Lipinski definition) is 0. The maximum atomic E-state index is 12.5. The Morgan fingerprint density at radius 1 is 0.793 bits per heavy atom. The van der Waals surface area contributed by atoms with Crippen molar-refractivity contribution in [3.63, 3.8) is 0 Å². The molecule has 0 aliphatic heterocycles. The fraction of sp³-hybridized carbons (Fsp3) is 0.280. The van der Waals surface area contributed by atoms with E-state index in [9.17, 15) is 9.59 Å². The van der Waals surface area contributed by atoms with Crippen molar-refractivity contribution in [2.24, 2.45) is 5.41 Å². The van der Waals surface area contributed by atoms with Crippen LogP contribution >= 0.6 is 0 Å². The maximum Gasteiger partial charge on any atom is 0.338 e. The zero-order valence-electron chi connectivity index (χ0n) is 17.0. The van der Waals surface area contributed by atoms with Crippen LogP contribution in [0.4, 0.5) is 0 Å². The zero-order chi connectivity index (χ0) is 20.6. The summed E-state index contributed by atoms with van der Waals surface area (Å²) >= 11 is 0. The van der Waals surface area contributed by atoms with Crippen LogP contribution in [0.15, 0.2) is 54.6 Å². The van der Waals surface area contributed by atoms with Gasteiger partial charge >= 0.3 is 11.9 Å². The topological polar surface area (TPSA) is 52.6 Å². The van der Waals surface area contributed by atoms with E-state index in [2.05, 4.69) is 30.3 Å². The van der Waals surface area contributed by atoms with Gasteiger partial charge in [0, 0.05) is 0 Å². The predicted octanol–water partition coefficient (Wildman–Crippen LogP) is 5.72. The molecule has 4 heteroatoms. The fourth-order valence-corrected chi connectivity index (χ4v) is 3.56. The van der Waals surface area contributed by atoms with Crippen LogP contribution in [0, 0.1) is 5.41 Å². The molecular weight excluding hydrogens is 364 g/mol. The lowest BCUT2D eigenvalue weighted by atomic mass is 9.91. The summed E-state index contributed by atoms with van der Waals surface area (Å²) in [5.74, 6) is -0.694. The van der Waals surface area contributed by atoms with Gasteiger partial charge in [-0.3, -0.25) is 4.79 Å². The van der Waals surface area contributed by atoms with Gasteiger partial charge in [0.25, 0.3) is 0 Å². The van der Waals surface area contributed by atoms with E-state index in [1.54, 1.807) is 0 Å². The Hall–Kier alpha value is -3.14. The third kappa shape index (κ3) is 3.51. The summed E-state index contributed by atoms with van der Waals surface area (Å²) in [4.78, 5) is 24.5. The quantitative estimate of drug-likeness (QED) is 0.241. The Balaban J connectivity index is 1.52. The number of esters is 2. The third-order valence-corrected chi connectivity index (χ3v) is 5.68. The molecule has 0 radical (unpaired) electrons. The van der Waals surface area contributed by atoms with E-state index in [1.165, 1.54) is 16.2 Å². The highest BCUT2D eigenvalue weighted by Gasteiger charge is 2.27. The van der Waals surface area contributed by atoms with Gasteiger partial charge < -0.3 is 9.47 Å². The first-order valence-corrected chi connectivity index (χ1v) is 9.92. The Labute approximate surface area is 169 Å². The molecule has 4 nitrogen and oxygen atoms in total. The Morgan fingerprint density at radius 3 is 1.90 bits per heavy atom. The molecule has 4 aromatic rings. The molecule has 0 aliphatic carbocycles. The molecule has 4 rings (SSSR count). The number of carbonyl (C=O) groups is 2. The lowest BCUT2D eigenvalue weighted by molar-refractivity contribution is -0.155. The second-order valence-corrected chi connectivity index (χ2v) is 8.02. The molecule has 0 amide bonds. The Kier molecular flexibility index (Phi) is 4.87. The number of carbonyl (C=O) groups excluding carboxylic acids is 2. The first-order valence-electron chi connectivity index (χ1n) is 9.92. The molecule has 0 aromatic heterocycles. The molecule has 0 unspecified atom stereocenters. The van der Waals surface area contributed by atoms with Crippen LogP contribution in [-0.2, 0) is 14.3 Å². The molecule has 0 bridgehead atoms. The van der Waals surface area contributed by atoms with Crippen LogP contribution in [0.5, 0.6) is 0 Å². The summed E-state index contributed by atoms with van der Waals surface area (Å²) in [6.45, 7) is 5.71. The van der Waals surface area contributed by atoms with Crippen molar-refractivity contribution in [1.82, 2.24) is 0 Å². The monoisotopic (exact) mass is 388 g/mol. The summed E-state index contributed by atoms with van der Waals surface area (Å²) in [5.41, 5.74) is -0.0324. The van der Waals surface area contributed by atoms with Crippen LogP contribution in [0.25, 0.3) is 32.3 Å². The van der Waals surface area contributed by atoms with Crippen LogP contribution in [0.3, 0.4) is 0 Å². The minimum Gasteiger partial charge on any atom is -0.462 e. The normalized spacial score (nSPS) is 12.0. The minimum absolute atomic E-state index is 0.0371. The summed E-state index contributed by atoms with van der Waals surface area (Å²) in [7, 11) is 0. The Morgan fingerprint density at radius 2 is 1.31 bits per heavy atom. The molecule has 0 fully saturated rings. The second kappa shape index (κ2) is 7.36. The number of benzene rings is 4. The molecule has 0 aliphatic rings. The smallest absolute Gasteiger partial charge is 0.338 e.